The summed E-state index contributed by atoms with van der Waals surface area (Å²) in [6, 6.07) is -0.359. The fourth-order valence-electron chi connectivity index (χ4n) is 3.93. The van der Waals surface area contributed by atoms with Crippen LogP contribution in [0, 0.1) is 5.92 Å². The zero-order valence-electron chi connectivity index (χ0n) is 18.5. The summed E-state index contributed by atoms with van der Waals surface area (Å²) in [5.74, 6) is 0.165. The molecule has 0 aromatic carbocycles. The van der Waals surface area contributed by atoms with Gasteiger partial charge in [0.1, 0.15) is 11.8 Å². The molecule has 0 radical (unpaired) electrons. The predicted molar refractivity (Wildman–Crippen MR) is 114 cm³/mol. The largest absolute Gasteiger partial charge is 0.466 e. The molecule has 1 fully saturated rings. The second-order valence-corrected chi connectivity index (χ2v) is 7.92. The van der Waals surface area contributed by atoms with Crippen LogP contribution in [0.1, 0.15) is 97.3 Å². The Morgan fingerprint density at radius 3 is 2.17 bits per heavy atom. The van der Waals surface area contributed by atoms with Gasteiger partial charge in [-0.1, -0.05) is 44.9 Å². The number of ether oxygens (including phenoxy) is 2. The van der Waals surface area contributed by atoms with E-state index in [1.165, 1.54) is 12.8 Å². The second kappa shape index (κ2) is 16.4. The fourth-order valence-corrected chi connectivity index (χ4v) is 3.93. The highest BCUT2D eigenvalue weighted by molar-refractivity contribution is 5.81. The molecule has 1 unspecified atom stereocenters. The smallest absolute Gasteiger partial charge is 0.323 e. The van der Waals surface area contributed by atoms with Crippen molar-refractivity contribution in [2.75, 3.05) is 19.8 Å². The summed E-state index contributed by atoms with van der Waals surface area (Å²) in [7, 11) is 0. The number of carbonyl (C=O) groups excluding carboxylic acids is 3. The first-order valence-electron chi connectivity index (χ1n) is 11.7. The van der Waals surface area contributed by atoms with Crippen molar-refractivity contribution in [1.29, 1.82) is 0 Å². The van der Waals surface area contributed by atoms with E-state index in [0.717, 1.165) is 51.4 Å². The molecule has 1 aliphatic rings. The number of hydrogen-bond acceptors (Lipinski definition) is 6. The van der Waals surface area contributed by atoms with Crippen molar-refractivity contribution in [2.45, 2.75) is 103 Å². The molecule has 0 aliphatic heterocycles. The summed E-state index contributed by atoms with van der Waals surface area (Å²) in [6.07, 6.45) is 12.1. The molecule has 1 aliphatic carbocycles. The van der Waals surface area contributed by atoms with Crippen LogP contribution in [0.25, 0.3) is 0 Å². The van der Waals surface area contributed by atoms with E-state index in [0.29, 0.717) is 44.8 Å². The van der Waals surface area contributed by atoms with Crippen molar-refractivity contribution in [3.8, 4) is 0 Å². The predicted octanol–water partition coefficient (Wildman–Crippen LogP) is 4.34. The van der Waals surface area contributed by atoms with Crippen LogP contribution in [0.4, 0.5) is 0 Å². The molecule has 0 aromatic heterocycles. The van der Waals surface area contributed by atoms with Gasteiger partial charge in [0.2, 0.25) is 0 Å². The van der Waals surface area contributed by atoms with Crippen molar-refractivity contribution in [2.24, 2.45) is 5.92 Å². The Bertz CT molecular complexity index is 472. The van der Waals surface area contributed by atoms with E-state index in [2.05, 4.69) is 5.32 Å². The Labute approximate surface area is 176 Å². The summed E-state index contributed by atoms with van der Waals surface area (Å²) in [4.78, 5) is 36.0. The highest BCUT2D eigenvalue weighted by atomic mass is 16.5. The Morgan fingerprint density at radius 2 is 1.52 bits per heavy atom. The summed E-state index contributed by atoms with van der Waals surface area (Å²) >= 11 is 0. The first-order valence-corrected chi connectivity index (χ1v) is 11.7. The van der Waals surface area contributed by atoms with Gasteiger partial charge in [-0.15, -0.1) is 0 Å². The summed E-state index contributed by atoms with van der Waals surface area (Å²) < 4.78 is 10.1. The third kappa shape index (κ3) is 12.0. The molecule has 0 heterocycles. The molecular weight excluding hydrogens is 370 g/mol. The summed E-state index contributed by atoms with van der Waals surface area (Å²) in [5, 5.41) is 3.25. The van der Waals surface area contributed by atoms with Crippen LogP contribution >= 0.6 is 0 Å². The van der Waals surface area contributed by atoms with Crippen LogP contribution < -0.4 is 5.32 Å². The van der Waals surface area contributed by atoms with Crippen LogP contribution in [0.3, 0.4) is 0 Å². The molecule has 0 bridgehead atoms. The molecular formula is C23H41NO5. The van der Waals surface area contributed by atoms with Crippen molar-refractivity contribution >= 4 is 17.7 Å². The monoisotopic (exact) mass is 411 g/mol. The van der Waals surface area contributed by atoms with Gasteiger partial charge in [0.25, 0.3) is 0 Å². The van der Waals surface area contributed by atoms with Crippen molar-refractivity contribution in [3.05, 3.63) is 0 Å². The maximum atomic E-state index is 12.5. The summed E-state index contributed by atoms with van der Waals surface area (Å²) in [6.45, 7) is 4.93. The molecule has 0 spiro atoms. The standard InChI is InChI=1S/C23H41NO5/c1-3-28-22(26)16-12-8-7-11-15-20(23(27)29-4-2)24-18-17-21(25)19-13-9-5-6-10-14-19/h19-20,24H,3-18H2,1-2H3. The molecule has 0 saturated heterocycles. The summed E-state index contributed by atoms with van der Waals surface area (Å²) in [5.41, 5.74) is 0. The Morgan fingerprint density at radius 1 is 0.862 bits per heavy atom. The number of ketones is 1. The molecule has 29 heavy (non-hydrogen) atoms. The van der Waals surface area contributed by atoms with Gasteiger partial charge in [0, 0.05) is 25.3 Å². The molecule has 6 nitrogen and oxygen atoms in total. The van der Waals surface area contributed by atoms with Crippen LogP contribution in [0.2, 0.25) is 0 Å². The molecule has 0 aromatic rings. The maximum absolute atomic E-state index is 12.5. The molecule has 6 heteroatoms. The van der Waals surface area contributed by atoms with E-state index in [1.807, 2.05) is 6.92 Å². The van der Waals surface area contributed by atoms with Crippen molar-refractivity contribution in [3.63, 3.8) is 0 Å². The van der Waals surface area contributed by atoms with Crippen LogP contribution in [-0.4, -0.2) is 43.5 Å². The first-order chi connectivity index (χ1) is 14.1. The minimum atomic E-state index is -0.359. The zero-order chi connectivity index (χ0) is 21.3. The minimum absolute atomic E-state index is 0.142. The fraction of sp³-hybridized carbons (Fsp3) is 0.870. The third-order valence-corrected chi connectivity index (χ3v) is 5.57. The number of hydrogen-bond donors (Lipinski definition) is 1. The first kappa shape index (κ1) is 25.6. The van der Waals surface area contributed by atoms with E-state index in [-0.39, 0.29) is 23.9 Å². The molecule has 168 valence electrons. The maximum Gasteiger partial charge on any atom is 0.323 e. The van der Waals surface area contributed by atoms with E-state index in [1.54, 1.807) is 6.92 Å². The van der Waals surface area contributed by atoms with E-state index >= 15 is 0 Å². The average Bonchev–Trinajstić information content (AvgIpc) is 2.99. The quantitative estimate of drug-likeness (QED) is 0.245. The van der Waals surface area contributed by atoms with Gasteiger partial charge < -0.3 is 14.8 Å². The van der Waals surface area contributed by atoms with E-state index in [9.17, 15) is 14.4 Å². The van der Waals surface area contributed by atoms with Gasteiger partial charge >= 0.3 is 11.9 Å². The lowest BCUT2D eigenvalue weighted by molar-refractivity contribution is -0.146. The van der Waals surface area contributed by atoms with Gasteiger partial charge in [-0.3, -0.25) is 14.4 Å². The molecule has 1 rings (SSSR count). The lowest BCUT2D eigenvalue weighted by Crippen LogP contribution is -2.39. The number of carbonyl (C=O) groups is 3. The number of rotatable bonds is 15. The van der Waals surface area contributed by atoms with E-state index in [4.69, 9.17) is 9.47 Å². The van der Waals surface area contributed by atoms with Gasteiger partial charge in [-0.25, -0.2) is 0 Å². The van der Waals surface area contributed by atoms with Crippen LogP contribution in [0.15, 0.2) is 0 Å². The molecule has 1 saturated carbocycles. The Hall–Kier alpha value is -1.43. The molecule has 1 atom stereocenters. The number of esters is 2. The minimum Gasteiger partial charge on any atom is -0.466 e. The number of unbranched alkanes of at least 4 members (excludes halogenated alkanes) is 3. The van der Waals surface area contributed by atoms with Crippen molar-refractivity contribution in [1.82, 2.24) is 5.32 Å². The number of Topliss-reactive ketones (excluding diaryl/α,β-unsaturated/α-hetero) is 1. The van der Waals surface area contributed by atoms with Gasteiger partial charge in [0.15, 0.2) is 0 Å². The zero-order valence-corrected chi connectivity index (χ0v) is 18.5. The topological polar surface area (TPSA) is 81.7 Å². The highest BCUT2D eigenvalue weighted by Gasteiger charge is 2.22. The van der Waals surface area contributed by atoms with Gasteiger partial charge in [-0.2, -0.15) is 0 Å². The lowest BCUT2D eigenvalue weighted by Gasteiger charge is -2.18. The Balaban J connectivity index is 2.27. The molecule has 0 amide bonds. The van der Waals surface area contributed by atoms with Gasteiger partial charge in [-0.05, 0) is 39.5 Å². The SMILES string of the molecule is CCOC(=O)CCCCCCC(NCCC(=O)C1CCCCCC1)C(=O)OCC. The normalized spacial score (nSPS) is 16.1. The molecule has 1 N–H and O–H groups in total. The third-order valence-electron chi connectivity index (χ3n) is 5.57. The number of nitrogens with one attached hydrogen (secondary N) is 1. The average molecular weight is 412 g/mol. The van der Waals surface area contributed by atoms with Crippen LogP contribution in [-0.2, 0) is 23.9 Å². The highest BCUT2D eigenvalue weighted by Crippen LogP contribution is 2.24. The lowest BCUT2D eigenvalue weighted by atomic mass is 9.93. The van der Waals surface area contributed by atoms with Gasteiger partial charge in [0.05, 0.1) is 13.2 Å². The van der Waals surface area contributed by atoms with Crippen LogP contribution in [0.5, 0.6) is 0 Å². The second-order valence-electron chi connectivity index (χ2n) is 7.92. The Kier molecular flexibility index (Phi) is 14.5. The van der Waals surface area contributed by atoms with E-state index < -0.39 is 0 Å². The van der Waals surface area contributed by atoms with Crippen molar-refractivity contribution < 1.29 is 23.9 Å².